The number of alkyl halides is 3. The van der Waals surface area contributed by atoms with Gasteiger partial charge in [-0.3, -0.25) is 0 Å². The van der Waals surface area contributed by atoms with Crippen LogP contribution in [0.5, 0.6) is 11.5 Å². The van der Waals surface area contributed by atoms with Crippen LogP contribution in [-0.2, 0) is 11.3 Å². The zero-order valence-electron chi connectivity index (χ0n) is 18.6. The van der Waals surface area contributed by atoms with E-state index in [0.717, 1.165) is 29.1 Å². The van der Waals surface area contributed by atoms with Crippen molar-refractivity contribution >= 4 is 17.0 Å². The molecule has 1 heterocycles. The van der Waals surface area contributed by atoms with Gasteiger partial charge in [0.25, 0.3) is 0 Å². The first-order chi connectivity index (χ1) is 15.5. The lowest BCUT2D eigenvalue weighted by Crippen LogP contribution is -2.35. The number of aromatic amines is 1. The van der Waals surface area contributed by atoms with Crippen LogP contribution in [0.2, 0.25) is 0 Å². The van der Waals surface area contributed by atoms with Gasteiger partial charge >= 0.3 is 12.1 Å². The largest absolute Gasteiger partial charge is 0.490 e. The fourth-order valence-corrected chi connectivity index (χ4v) is 3.66. The third-order valence-corrected chi connectivity index (χ3v) is 5.73. The van der Waals surface area contributed by atoms with Crippen molar-refractivity contribution in [2.45, 2.75) is 58.3 Å². The highest BCUT2D eigenvalue weighted by atomic mass is 19.4. The molecule has 0 unspecified atom stereocenters. The minimum atomic E-state index is -5.08. The van der Waals surface area contributed by atoms with E-state index in [0.29, 0.717) is 11.5 Å². The third-order valence-electron chi connectivity index (χ3n) is 5.73. The van der Waals surface area contributed by atoms with E-state index in [1.807, 2.05) is 30.3 Å². The summed E-state index contributed by atoms with van der Waals surface area (Å²) in [7, 11) is 0. The summed E-state index contributed by atoms with van der Waals surface area (Å²) < 4.78 is 37.7. The predicted molar refractivity (Wildman–Crippen MR) is 119 cm³/mol. The van der Waals surface area contributed by atoms with Crippen LogP contribution >= 0.6 is 0 Å². The van der Waals surface area contributed by atoms with Crippen LogP contribution in [-0.4, -0.2) is 33.3 Å². The molecule has 3 aromatic rings. The second kappa shape index (κ2) is 10.2. The highest BCUT2D eigenvalue weighted by Gasteiger charge is 2.38. The van der Waals surface area contributed by atoms with Gasteiger partial charge in [-0.15, -0.1) is 0 Å². The molecule has 178 valence electrons. The number of halogens is 3. The van der Waals surface area contributed by atoms with Crippen molar-refractivity contribution < 1.29 is 27.8 Å². The van der Waals surface area contributed by atoms with Gasteiger partial charge in [0, 0.05) is 18.7 Å². The maximum absolute atomic E-state index is 10.6. The summed E-state index contributed by atoms with van der Waals surface area (Å²) in [5, 5.41) is 10.8. The van der Waals surface area contributed by atoms with Crippen LogP contribution in [0.25, 0.3) is 11.0 Å². The molecule has 9 heteroatoms. The number of ether oxygens (including phenoxy) is 1. The SMILES string of the molecule is CC1(C)CCC(NCc2ccc(Oc3ccc4nc[nH]c4c3)cc2)CC1.O=C(O)C(F)(F)F. The monoisotopic (exact) mass is 463 g/mol. The Kier molecular flexibility index (Phi) is 7.63. The van der Waals surface area contributed by atoms with Crippen molar-refractivity contribution in [2.24, 2.45) is 5.41 Å². The summed E-state index contributed by atoms with van der Waals surface area (Å²) in [6.07, 6.45) is 1.81. The lowest BCUT2D eigenvalue weighted by atomic mass is 9.75. The Morgan fingerprint density at radius 3 is 2.36 bits per heavy atom. The minimum Gasteiger partial charge on any atom is -0.475 e. The van der Waals surface area contributed by atoms with E-state index in [-0.39, 0.29) is 0 Å². The van der Waals surface area contributed by atoms with Crippen molar-refractivity contribution in [2.75, 3.05) is 0 Å². The first kappa shape index (κ1) is 24.6. The van der Waals surface area contributed by atoms with E-state index in [1.54, 1.807) is 6.33 Å². The van der Waals surface area contributed by atoms with Gasteiger partial charge in [-0.25, -0.2) is 9.78 Å². The molecule has 0 bridgehead atoms. The van der Waals surface area contributed by atoms with Crippen LogP contribution in [0, 0.1) is 5.41 Å². The molecule has 1 aromatic heterocycles. The zero-order valence-corrected chi connectivity index (χ0v) is 18.6. The number of hydrogen-bond acceptors (Lipinski definition) is 4. The smallest absolute Gasteiger partial charge is 0.475 e. The minimum absolute atomic E-state index is 0.524. The van der Waals surface area contributed by atoms with Gasteiger partial charge in [0.2, 0.25) is 0 Å². The van der Waals surface area contributed by atoms with E-state index in [2.05, 4.69) is 41.3 Å². The third kappa shape index (κ3) is 7.49. The van der Waals surface area contributed by atoms with E-state index in [4.69, 9.17) is 14.6 Å². The van der Waals surface area contributed by atoms with Gasteiger partial charge in [0.05, 0.1) is 17.4 Å². The number of nitrogens with one attached hydrogen (secondary N) is 2. The first-order valence-corrected chi connectivity index (χ1v) is 10.8. The second-order valence-corrected chi connectivity index (χ2v) is 8.95. The van der Waals surface area contributed by atoms with Crippen molar-refractivity contribution in [1.82, 2.24) is 15.3 Å². The molecule has 0 saturated heterocycles. The second-order valence-electron chi connectivity index (χ2n) is 8.95. The van der Waals surface area contributed by atoms with Crippen molar-refractivity contribution in [3.8, 4) is 11.5 Å². The number of carbonyl (C=O) groups is 1. The Morgan fingerprint density at radius 1 is 1.15 bits per heavy atom. The van der Waals surface area contributed by atoms with E-state index >= 15 is 0 Å². The summed E-state index contributed by atoms with van der Waals surface area (Å²) in [6.45, 7) is 5.68. The van der Waals surface area contributed by atoms with Gasteiger partial charge in [-0.05, 0) is 60.9 Å². The van der Waals surface area contributed by atoms with Crippen LogP contribution in [0.3, 0.4) is 0 Å². The molecule has 1 saturated carbocycles. The van der Waals surface area contributed by atoms with Gasteiger partial charge in [0.15, 0.2) is 0 Å². The molecule has 0 radical (unpaired) electrons. The maximum atomic E-state index is 10.6. The predicted octanol–water partition coefficient (Wildman–Crippen LogP) is 6.05. The Bertz CT molecular complexity index is 1050. The van der Waals surface area contributed by atoms with Crippen LogP contribution in [0.1, 0.15) is 45.1 Å². The number of H-pyrrole nitrogens is 1. The summed E-state index contributed by atoms with van der Waals surface area (Å²) >= 11 is 0. The average molecular weight is 464 g/mol. The quantitative estimate of drug-likeness (QED) is 0.429. The molecule has 33 heavy (non-hydrogen) atoms. The highest BCUT2D eigenvalue weighted by Crippen LogP contribution is 2.35. The van der Waals surface area contributed by atoms with Gasteiger partial charge in [-0.1, -0.05) is 26.0 Å². The number of benzene rings is 2. The summed E-state index contributed by atoms with van der Waals surface area (Å²) in [5.41, 5.74) is 3.76. The van der Waals surface area contributed by atoms with Gasteiger partial charge < -0.3 is 20.1 Å². The lowest BCUT2D eigenvalue weighted by molar-refractivity contribution is -0.192. The number of carboxylic acid groups (broad SMARTS) is 1. The topological polar surface area (TPSA) is 87.2 Å². The molecule has 0 atom stereocenters. The van der Waals surface area contributed by atoms with Crippen molar-refractivity contribution in [3.05, 3.63) is 54.4 Å². The van der Waals surface area contributed by atoms with E-state index < -0.39 is 12.1 Å². The number of nitrogens with zero attached hydrogens (tertiary/aromatic N) is 1. The molecule has 3 N–H and O–H groups in total. The fraction of sp³-hybridized carbons (Fsp3) is 0.417. The summed E-state index contributed by atoms with van der Waals surface area (Å²) in [5.74, 6) is -1.09. The molecule has 1 aliphatic rings. The standard InChI is InChI=1S/C22H27N3O.C2HF3O2/c1-22(2)11-9-17(10-12-22)23-14-16-3-5-18(6-4-16)26-19-7-8-20-21(13-19)25-15-24-20;3-2(4,5)1(6)7/h3-8,13,15,17,23H,9-12,14H2,1-2H3,(H,24,25);(H,6,7). The van der Waals surface area contributed by atoms with Crippen LogP contribution in [0.15, 0.2) is 48.8 Å². The molecular formula is C24H28F3N3O3. The summed E-state index contributed by atoms with van der Waals surface area (Å²) in [6, 6.07) is 14.9. The molecule has 1 fully saturated rings. The first-order valence-electron chi connectivity index (χ1n) is 10.8. The molecule has 0 aliphatic heterocycles. The van der Waals surface area contributed by atoms with Crippen LogP contribution < -0.4 is 10.1 Å². The number of hydrogen-bond donors (Lipinski definition) is 3. The van der Waals surface area contributed by atoms with Crippen LogP contribution in [0.4, 0.5) is 13.2 Å². The molecule has 0 spiro atoms. The normalized spacial score (nSPS) is 16.2. The molecular weight excluding hydrogens is 435 g/mol. The Labute approximate surface area is 190 Å². The average Bonchev–Trinajstić information content (AvgIpc) is 3.22. The number of fused-ring (bicyclic) bond motifs is 1. The number of imidazole rings is 1. The fourth-order valence-electron chi connectivity index (χ4n) is 3.66. The number of rotatable bonds is 5. The van der Waals surface area contributed by atoms with Gasteiger partial charge in [0.1, 0.15) is 11.5 Å². The molecule has 1 aliphatic carbocycles. The van der Waals surface area contributed by atoms with Crippen molar-refractivity contribution in [3.63, 3.8) is 0 Å². The molecule has 6 nitrogen and oxygen atoms in total. The molecule has 0 amide bonds. The Morgan fingerprint density at radius 2 is 1.76 bits per heavy atom. The molecule has 4 rings (SSSR count). The zero-order chi connectivity index (χ0) is 24.1. The maximum Gasteiger partial charge on any atom is 0.490 e. The highest BCUT2D eigenvalue weighted by molar-refractivity contribution is 5.76. The van der Waals surface area contributed by atoms with Crippen molar-refractivity contribution in [1.29, 1.82) is 0 Å². The Hall–Kier alpha value is -3.07. The summed E-state index contributed by atoms with van der Waals surface area (Å²) in [4.78, 5) is 16.2. The lowest BCUT2D eigenvalue weighted by Gasteiger charge is -2.34. The Balaban J connectivity index is 0.000000383. The number of carboxylic acids is 1. The number of aromatic nitrogens is 2. The van der Waals surface area contributed by atoms with E-state index in [1.165, 1.54) is 31.2 Å². The van der Waals surface area contributed by atoms with Gasteiger partial charge in [-0.2, -0.15) is 13.2 Å². The number of aliphatic carboxylic acids is 1. The van der Waals surface area contributed by atoms with E-state index in [9.17, 15) is 13.2 Å². The molecule has 2 aromatic carbocycles.